The average Bonchev–Trinajstić information content (AvgIpc) is 2.18. The Hall–Kier alpha value is -1.51. The molecule has 0 aliphatic heterocycles. The summed E-state index contributed by atoms with van der Waals surface area (Å²) < 4.78 is 5.36. The highest BCUT2D eigenvalue weighted by atomic mass is 16.5. The van der Waals surface area contributed by atoms with Crippen LogP contribution in [0.25, 0.3) is 0 Å². The monoisotopic (exact) mass is 208 g/mol. The smallest absolute Gasteiger partial charge is 0.347 e. The maximum absolute atomic E-state index is 10.8. The summed E-state index contributed by atoms with van der Waals surface area (Å²) in [7, 11) is 0. The third kappa shape index (κ3) is 2.98. The molecule has 0 radical (unpaired) electrons. The van der Waals surface area contributed by atoms with Crippen molar-refractivity contribution in [2.24, 2.45) is 0 Å². The van der Waals surface area contributed by atoms with Crippen molar-refractivity contribution in [3.63, 3.8) is 0 Å². The van der Waals surface area contributed by atoms with E-state index in [-0.39, 0.29) is 0 Å². The van der Waals surface area contributed by atoms with E-state index in [0.29, 0.717) is 5.75 Å². The first-order valence-electron chi connectivity index (χ1n) is 4.97. The van der Waals surface area contributed by atoms with Crippen LogP contribution in [-0.4, -0.2) is 16.7 Å². The number of hydrogen-bond donors (Lipinski definition) is 1. The molecule has 0 spiro atoms. The Kier molecular flexibility index (Phi) is 3.35. The summed E-state index contributed by atoms with van der Waals surface area (Å²) in [4.78, 5) is 10.8. The van der Waals surface area contributed by atoms with E-state index in [1.54, 1.807) is 12.1 Å². The Morgan fingerprint density at radius 3 is 2.27 bits per heavy atom. The van der Waals surface area contributed by atoms with Crippen molar-refractivity contribution in [3.05, 3.63) is 29.8 Å². The van der Waals surface area contributed by atoms with Crippen molar-refractivity contribution in [1.82, 2.24) is 0 Å². The van der Waals surface area contributed by atoms with Gasteiger partial charge in [-0.2, -0.15) is 0 Å². The lowest BCUT2D eigenvalue weighted by Gasteiger charge is -2.21. The second kappa shape index (κ2) is 4.34. The number of aryl methyl sites for hydroxylation is 1. The Morgan fingerprint density at radius 1 is 1.33 bits per heavy atom. The molecule has 0 heterocycles. The fraction of sp³-hybridized carbons (Fsp3) is 0.417. The molecule has 0 amide bonds. The standard InChI is InChI=1S/C12H16O3/c1-4-9-5-7-10(8-6-9)15-12(2,3)11(13)14/h5-8H,4H2,1-3H3,(H,13,14). The molecule has 0 aliphatic rings. The molecule has 1 N–H and O–H groups in total. The van der Waals surface area contributed by atoms with Gasteiger partial charge in [0.2, 0.25) is 0 Å². The third-order valence-electron chi connectivity index (χ3n) is 2.22. The molecule has 0 aromatic heterocycles. The summed E-state index contributed by atoms with van der Waals surface area (Å²) in [6.45, 7) is 5.13. The fourth-order valence-electron chi connectivity index (χ4n) is 1.13. The molecule has 0 saturated heterocycles. The van der Waals surface area contributed by atoms with Crippen LogP contribution in [0.4, 0.5) is 0 Å². The number of carboxylic acid groups (broad SMARTS) is 1. The van der Waals surface area contributed by atoms with E-state index < -0.39 is 11.6 Å². The van der Waals surface area contributed by atoms with E-state index in [1.807, 2.05) is 12.1 Å². The predicted molar refractivity (Wildman–Crippen MR) is 58.2 cm³/mol. The first-order valence-corrected chi connectivity index (χ1v) is 4.97. The average molecular weight is 208 g/mol. The number of benzene rings is 1. The highest BCUT2D eigenvalue weighted by molar-refractivity contribution is 5.76. The van der Waals surface area contributed by atoms with Crippen molar-refractivity contribution in [2.75, 3.05) is 0 Å². The lowest BCUT2D eigenvalue weighted by molar-refractivity contribution is -0.152. The van der Waals surface area contributed by atoms with Crippen molar-refractivity contribution in [1.29, 1.82) is 0 Å². The van der Waals surface area contributed by atoms with Gasteiger partial charge in [-0.25, -0.2) is 4.79 Å². The lowest BCUT2D eigenvalue weighted by Crippen LogP contribution is -2.37. The molecule has 15 heavy (non-hydrogen) atoms. The van der Waals surface area contributed by atoms with Gasteiger partial charge in [-0.3, -0.25) is 0 Å². The van der Waals surface area contributed by atoms with E-state index in [9.17, 15) is 4.79 Å². The Labute approximate surface area is 89.7 Å². The van der Waals surface area contributed by atoms with Crippen LogP contribution in [0.5, 0.6) is 5.75 Å². The summed E-state index contributed by atoms with van der Waals surface area (Å²) in [5.74, 6) is -0.387. The summed E-state index contributed by atoms with van der Waals surface area (Å²) in [5.41, 5.74) is 0.0174. The van der Waals surface area contributed by atoms with Crippen molar-refractivity contribution in [2.45, 2.75) is 32.8 Å². The van der Waals surface area contributed by atoms with Gasteiger partial charge < -0.3 is 9.84 Å². The van der Waals surface area contributed by atoms with Gasteiger partial charge in [-0.05, 0) is 38.0 Å². The van der Waals surface area contributed by atoms with Crippen molar-refractivity contribution in [3.8, 4) is 5.75 Å². The van der Waals surface area contributed by atoms with E-state index in [0.717, 1.165) is 6.42 Å². The number of hydrogen-bond acceptors (Lipinski definition) is 2. The van der Waals surface area contributed by atoms with Gasteiger partial charge in [-0.15, -0.1) is 0 Å². The molecule has 0 unspecified atom stereocenters. The number of ether oxygens (including phenoxy) is 1. The molecule has 1 aromatic rings. The Balaban J connectivity index is 2.77. The predicted octanol–water partition coefficient (Wildman–Crippen LogP) is 2.49. The quantitative estimate of drug-likeness (QED) is 0.826. The van der Waals surface area contributed by atoms with E-state index in [2.05, 4.69) is 6.92 Å². The van der Waals surface area contributed by atoms with Gasteiger partial charge in [-0.1, -0.05) is 19.1 Å². The molecular formula is C12H16O3. The topological polar surface area (TPSA) is 46.5 Å². The molecule has 3 heteroatoms. The molecule has 82 valence electrons. The summed E-state index contributed by atoms with van der Waals surface area (Å²) in [6, 6.07) is 7.47. The van der Waals surface area contributed by atoms with Crippen LogP contribution in [0, 0.1) is 0 Å². The number of carbonyl (C=O) groups is 1. The molecule has 1 rings (SSSR count). The second-order valence-electron chi connectivity index (χ2n) is 3.92. The molecule has 3 nitrogen and oxygen atoms in total. The minimum atomic E-state index is -1.19. The zero-order valence-corrected chi connectivity index (χ0v) is 9.28. The van der Waals surface area contributed by atoms with Crippen LogP contribution in [0.15, 0.2) is 24.3 Å². The number of aliphatic carboxylic acids is 1. The second-order valence-corrected chi connectivity index (χ2v) is 3.92. The third-order valence-corrected chi connectivity index (χ3v) is 2.22. The van der Waals surface area contributed by atoms with Crippen molar-refractivity contribution < 1.29 is 14.6 Å². The summed E-state index contributed by atoms with van der Waals surface area (Å²) >= 11 is 0. The Morgan fingerprint density at radius 2 is 1.87 bits per heavy atom. The highest BCUT2D eigenvalue weighted by Crippen LogP contribution is 2.19. The van der Waals surface area contributed by atoms with Crippen LogP contribution in [0.1, 0.15) is 26.3 Å². The van der Waals surface area contributed by atoms with Crippen molar-refractivity contribution >= 4 is 5.97 Å². The van der Waals surface area contributed by atoms with Gasteiger partial charge in [0.15, 0.2) is 5.60 Å². The van der Waals surface area contributed by atoms with Crippen LogP contribution in [-0.2, 0) is 11.2 Å². The molecule has 0 bridgehead atoms. The highest BCUT2D eigenvalue weighted by Gasteiger charge is 2.29. The number of rotatable bonds is 4. The molecule has 1 aromatic carbocycles. The summed E-state index contributed by atoms with van der Waals surface area (Å²) in [6.07, 6.45) is 0.961. The van der Waals surface area contributed by atoms with Gasteiger partial charge in [0.05, 0.1) is 0 Å². The van der Waals surface area contributed by atoms with Crippen LogP contribution >= 0.6 is 0 Å². The maximum atomic E-state index is 10.8. The van der Waals surface area contributed by atoms with Gasteiger partial charge in [0.25, 0.3) is 0 Å². The number of carboxylic acids is 1. The molecular weight excluding hydrogens is 192 g/mol. The minimum Gasteiger partial charge on any atom is -0.478 e. The fourth-order valence-corrected chi connectivity index (χ4v) is 1.13. The minimum absolute atomic E-state index is 0.583. The molecule has 0 aliphatic carbocycles. The van der Waals surface area contributed by atoms with Gasteiger partial charge >= 0.3 is 5.97 Å². The largest absolute Gasteiger partial charge is 0.478 e. The first kappa shape index (κ1) is 11.6. The SMILES string of the molecule is CCc1ccc(OC(C)(C)C(=O)O)cc1. The summed E-state index contributed by atoms with van der Waals surface area (Å²) in [5, 5.41) is 8.88. The molecule has 0 saturated carbocycles. The zero-order valence-electron chi connectivity index (χ0n) is 9.28. The maximum Gasteiger partial charge on any atom is 0.347 e. The van der Waals surface area contributed by atoms with E-state index in [4.69, 9.17) is 9.84 Å². The van der Waals surface area contributed by atoms with Crippen LogP contribution in [0.2, 0.25) is 0 Å². The Bertz CT molecular complexity index is 338. The molecule has 0 atom stereocenters. The zero-order chi connectivity index (χ0) is 11.5. The van der Waals surface area contributed by atoms with E-state index >= 15 is 0 Å². The van der Waals surface area contributed by atoms with Crippen LogP contribution in [0.3, 0.4) is 0 Å². The van der Waals surface area contributed by atoms with Gasteiger partial charge in [0.1, 0.15) is 5.75 Å². The molecule has 0 fully saturated rings. The normalized spacial score (nSPS) is 11.1. The van der Waals surface area contributed by atoms with Crippen LogP contribution < -0.4 is 4.74 Å². The van der Waals surface area contributed by atoms with Gasteiger partial charge in [0, 0.05) is 0 Å². The first-order chi connectivity index (χ1) is 6.95. The van der Waals surface area contributed by atoms with E-state index in [1.165, 1.54) is 19.4 Å². The lowest BCUT2D eigenvalue weighted by atomic mass is 10.1.